The van der Waals surface area contributed by atoms with E-state index in [1.165, 1.54) is 0 Å². The molecule has 80 valence electrons. The minimum atomic E-state index is 0.523. The van der Waals surface area contributed by atoms with Crippen LogP contribution >= 0.6 is 0 Å². The highest BCUT2D eigenvalue weighted by Gasteiger charge is 2.03. The van der Waals surface area contributed by atoms with E-state index >= 15 is 0 Å². The molecule has 3 nitrogen and oxygen atoms in total. The molecule has 0 unspecified atom stereocenters. The van der Waals surface area contributed by atoms with Crippen LogP contribution in [0.1, 0.15) is 5.56 Å². The molecule has 0 fully saturated rings. The maximum Gasteiger partial charge on any atom is 0.153 e. The topological polar surface area (TPSA) is 54.7 Å². The van der Waals surface area contributed by atoms with E-state index in [4.69, 9.17) is 5.73 Å². The van der Waals surface area contributed by atoms with E-state index < -0.39 is 0 Å². The fourth-order valence-corrected chi connectivity index (χ4v) is 1.63. The Bertz CT molecular complexity index is 576. The van der Waals surface area contributed by atoms with E-state index in [9.17, 15) is 0 Å². The lowest BCUT2D eigenvalue weighted by Gasteiger charge is -2.01. The highest BCUT2D eigenvalue weighted by atomic mass is 15.1. The molecule has 0 atom stereocenters. The fraction of sp³-hybridized carbons (Fsp3) is 0. The molecule has 0 saturated carbocycles. The summed E-state index contributed by atoms with van der Waals surface area (Å²) < 4.78 is 0. The van der Waals surface area contributed by atoms with Gasteiger partial charge in [-0.3, -0.25) is 5.10 Å². The maximum absolute atomic E-state index is 5.70. The van der Waals surface area contributed by atoms with Gasteiger partial charge in [0.05, 0.1) is 5.52 Å². The summed E-state index contributed by atoms with van der Waals surface area (Å²) in [6, 6.07) is 5.94. The second-order valence-electron chi connectivity index (χ2n) is 3.43. The molecule has 16 heavy (non-hydrogen) atoms. The molecule has 0 bridgehead atoms. The van der Waals surface area contributed by atoms with Crippen LogP contribution in [0, 0.1) is 0 Å². The van der Waals surface area contributed by atoms with Crippen molar-refractivity contribution in [2.24, 2.45) is 0 Å². The van der Waals surface area contributed by atoms with E-state index in [0.717, 1.165) is 22.0 Å². The molecular weight excluding hydrogens is 198 g/mol. The zero-order valence-corrected chi connectivity index (χ0v) is 8.90. The van der Waals surface area contributed by atoms with Gasteiger partial charge in [-0.05, 0) is 23.3 Å². The van der Waals surface area contributed by atoms with E-state index in [1.807, 2.05) is 24.3 Å². The monoisotopic (exact) mass is 211 g/mol. The molecule has 0 spiro atoms. The van der Waals surface area contributed by atoms with Crippen LogP contribution < -0.4 is 5.73 Å². The van der Waals surface area contributed by atoms with Gasteiger partial charge in [0.25, 0.3) is 0 Å². The Kier molecular flexibility index (Phi) is 2.60. The third-order valence-electron chi connectivity index (χ3n) is 2.44. The summed E-state index contributed by atoms with van der Waals surface area (Å²) in [5, 5.41) is 7.78. The lowest BCUT2D eigenvalue weighted by Crippen LogP contribution is -1.84. The molecule has 0 radical (unpaired) electrons. The van der Waals surface area contributed by atoms with Gasteiger partial charge >= 0.3 is 0 Å². The van der Waals surface area contributed by atoms with Crippen LogP contribution in [0.4, 0.5) is 5.82 Å². The maximum atomic E-state index is 5.70. The van der Waals surface area contributed by atoms with Crippen molar-refractivity contribution in [2.45, 2.75) is 0 Å². The fourth-order valence-electron chi connectivity index (χ4n) is 1.63. The van der Waals surface area contributed by atoms with Crippen molar-refractivity contribution in [3.8, 4) is 0 Å². The normalized spacial score (nSPS) is 11.6. The summed E-state index contributed by atoms with van der Waals surface area (Å²) >= 11 is 0. The summed E-state index contributed by atoms with van der Waals surface area (Å²) in [4.78, 5) is 0. The Hall–Kier alpha value is -2.29. The molecular formula is C13H13N3. The molecule has 1 aromatic heterocycles. The minimum absolute atomic E-state index is 0.523. The van der Waals surface area contributed by atoms with Crippen molar-refractivity contribution < 1.29 is 0 Å². The van der Waals surface area contributed by atoms with Crippen LogP contribution in [0.3, 0.4) is 0 Å². The first-order chi connectivity index (χ1) is 7.76. The first-order valence-electron chi connectivity index (χ1n) is 4.95. The van der Waals surface area contributed by atoms with Crippen LogP contribution in [0.25, 0.3) is 16.5 Å². The van der Waals surface area contributed by atoms with Crippen molar-refractivity contribution in [2.75, 3.05) is 5.73 Å². The van der Waals surface area contributed by atoms with Crippen molar-refractivity contribution >= 4 is 22.3 Å². The van der Waals surface area contributed by atoms with Gasteiger partial charge in [-0.1, -0.05) is 37.5 Å². The Balaban J connectivity index is 2.58. The molecule has 3 heteroatoms. The van der Waals surface area contributed by atoms with Crippen molar-refractivity contribution in [1.29, 1.82) is 0 Å². The van der Waals surface area contributed by atoms with Gasteiger partial charge in [0.1, 0.15) is 0 Å². The molecule has 1 aromatic carbocycles. The van der Waals surface area contributed by atoms with Gasteiger partial charge in [-0.25, -0.2) is 0 Å². The number of H-pyrrole nitrogens is 1. The third-order valence-corrected chi connectivity index (χ3v) is 2.44. The van der Waals surface area contributed by atoms with Gasteiger partial charge in [-0.2, -0.15) is 5.10 Å². The van der Waals surface area contributed by atoms with Crippen molar-refractivity contribution in [3.63, 3.8) is 0 Å². The number of allylic oxidation sites excluding steroid dienone is 4. The Morgan fingerprint density at radius 3 is 2.88 bits per heavy atom. The van der Waals surface area contributed by atoms with Gasteiger partial charge in [0, 0.05) is 5.39 Å². The Morgan fingerprint density at radius 1 is 1.38 bits per heavy atom. The van der Waals surface area contributed by atoms with Gasteiger partial charge in [0.15, 0.2) is 5.82 Å². The van der Waals surface area contributed by atoms with E-state index in [0.29, 0.717) is 5.82 Å². The molecule has 0 saturated heterocycles. The third kappa shape index (κ3) is 1.63. The molecule has 2 rings (SSSR count). The number of nitrogens with two attached hydrogens (primary N) is 1. The number of rotatable bonds is 3. The zero-order chi connectivity index (χ0) is 11.5. The highest BCUT2D eigenvalue weighted by Crippen LogP contribution is 2.23. The molecule has 0 amide bonds. The Morgan fingerprint density at radius 2 is 2.19 bits per heavy atom. The average Bonchev–Trinajstić information content (AvgIpc) is 2.67. The van der Waals surface area contributed by atoms with Gasteiger partial charge in [0.2, 0.25) is 0 Å². The molecule has 0 aliphatic heterocycles. The smallest absolute Gasteiger partial charge is 0.153 e. The lowest BCUT2D eigenvalue weighted by molar-refractivity contribution is 1.13. The summed E-state index contributed by atoms with van der Waals surface area (Å²) in [5.74, 6) is 0.523. The first kappa shape index (κ1) is 10.2. The highest BCUT2D eigenvalue weighted by molar-refractivity contribution is 5.91. The number of nitrogen functional groups attached to an aromatic ring is 1. The summed E-state index contributed by atoms with van der Waals surface area (Å²) in [6.07, 6.45) is 5.44. The van der Waals surface area contributed by atoms with Crippen molar-refractivity contribution in [3.05, 3.63) is 55.1 Å². The molecule has 3 N–H and O–H groups in total. The van der Waals surface area contributed by atoms with E-state index in [-0.39, 0.29) is 0 Å². The molecule has 2 aromatic rings. The first-order valence-corrected chi connectivity index (χ1v) is 4.95. The summed E-state index contributed by atoms with van der Waals surface area (Å²) in [5.41, 5.74) is 8.70. The van der Waals surface area contributed by atoms with E-state index in [1.54, 1.807) is 12.2 Å². The minimum Gasteiger partial charge on any atom is -0.382 e. The van der Waals surface area contributed by atoms with E-state index in [2.05, 4.69) is 23.4 Å². The van der Waals surface area contributed by atoms with Gasteiger partial charge < -0.3 is 5.73 Å². The standard InChI is InChI=1S/C13H13N3/c1-3-5-9(4-2)10-6-7-11-12(8-10)15-16-13(11)14/h3-8H,1-2H2,(H3,14,15,16)/b9-5+. The van der Waals surface area contributed by atoms with Crippen LogP contribution in [0.15, 0.2) is 49.6 Å². The number of aromatic amines is 1. The summed E-state index contributed by atoms with van der Waals surface area (Å²) in [7, 11) is 0. The Labute approximate surface area is 94.0 Å². The molecule has 0 aliphatic carbocycles. The number of hydrogen-bond donors (Lipinski definition) is 2. The van der Waals surface area contributed by atoms with Crippen LogP contribution in [0.5, 0.6) is 0 Å². The van der Waals surface area contributed by atoms with Crippen LogP contribution in [0.2, 0.25) is 0 Å². The number of fused-ring (bicyclic) bond motifs is 1. The number of hydrogen-bond acceptors (Lipinski definition) is 2. The van der Waals surface area contributed by atoms with Crippen LogP contribution in [-0.2, 0) is 0 Å². The van der Waals surface area contributed by atoms with Crippen LogP contribution in [-0.4, -0.2) is 10.2 Å². The number of anilines is 1. The number of aromatic nitrogens is 2. The largest absolute Gasteiger partial charge is 0.382 e. The number of nitrogens with one attached hydrogen (secondary N) is 1. The summed E-state index contributed by atoms with van der Waals surface area (Å²) in [6.45, 7) is 7.45. The second-order valence-corrected chi connectivity index (χ2v) is 3.43. The molecule has 1 heterocycles. The lowest BCUT2D eigenvalue weighted by atomic mass is 10.0. The zero-order valence-electron chi connectivity index (χ0n) is 8.90. The predicted molar refractivity (Wildman–Crippen MR) is 68.9 cm³/mol. The van der Waals surface area contributed by atoms with Gasteiger partial charge in [-0.15, -0.1) is 0 Å². The number of benzene rings is 1. The molecule has 0 aliphatic rings. The SMILES string of the molecule is C=C/C=C(\C=C)c1ccc2c(N)n[nH]c2c1. The number of nitrogens with zero attached hydrogens (tertiary/aromatic N) is 1. The quantitative estimate of drug-likeness (QED) is 0.767. The van der Waals surface area contributed by atoms with Crippen molar-refractivity contribution in [1.82, 2.24) is 10.2 Å². The predicted octanol–water partition coefficient (Wildman–Crippen LogP) is 2.90. The second kappa shape index (κ2) is 4.06. The average molecular weight is 211 g/mol.